The first-order valence-corrected chi connectivity index (χ1v) is 8.08. The number of amides is 1. The highest BCUT2D eigenvalue weighted by Crippen LogP contribution is 2.31. The Morgan fingerprint density at radius 1 is 1.39 bits per heavy atom. The number of hydrogen-bond donors (Lipinski definition) is 2. The van der Waals surface area contributed by atoms with Gasteiger partial charge >= 0.3 is 6.16 Å². The first-order chi connectivity index (χ1) is 13.2. The molecule has 0 saturated heterocycles. The lowest BCUT2D eigenvalue weighted by Crippen LogP contribution is -2.13. The summed E-state index contributed by atoms with van der Waals surface area (Å²) in [5, 5.41) is 13.7. The molecule has 0 spiro atoms. The minimum atomic E-state index is -0.982. The summed E-state index contributed by atoms with van der Waals surface area (Å²) in [6.45, 7) is 4.46. The van der Waals surface area contributed by atoms with E-state index >= 15 is 0 Å². The lowest BCUT2D eigenvalue weighted by molar-refractivity contribution is -0.383. The van der Waals surface area contributed by atoms with Crippen molar-refractivity contribution in [3.63, 3.8) is 0 Å². The van der Waals surface area contributed by atoms with Crippen LogP contribution in [0.4, 0.5) is 16.2 Å². The third kappa shape index (κ3) is 3.22. The van der Waals surface area contributed by atoms with Gasteiger partial charge in [0.1, 0.15) is 5.69 Å². The average molecular weight is 389 g/mol. The highest BCUT2D eigenvalue weighted by molar-refractivity contribution is 5.96. The number of aromatic amines is 1. The van der Waals surface area contributed by atoms with Crippen LogP contribution in [0.2, 0.25) is 0 Å². The van der Waals surface area contributed by atoms with Crippen LogP contribution in [0.15, 0.2) is 16.9 Å². The van der Waals surface area contributed by atoms with Crippen molar-refractivity contribution in [2.45, 2.75) is 20.8 Å². The Kier molecular flexibility index (Phi) is 4.69. The molecule has 12 nitrogen and oxygen atoms in total. The molecule has 12 heteroatoms. The van der Waals surface area contributed by atoms with Crippen molar-refractivity contribution in [3.8, 4) is 5.88 Å². The molecule has 0 atom stereocenters. The Bertz CT molecular complexity index is 1190. The van der Waals surface area contributed by atoms with Crippen LogP contribution in [0.3, 0.4) is 0 Å². The van der Waals surface area contributed by atoms with Crippen LogP contribution < -0.4 is 15.6 Å². The SMILES string of the molecule is CCOC(=O)Oc1nc2c(=O)[nH]c3cc([N+](=O)[O-])c(NC(C)=O)cc3n2c1C. The first kappa shape index (κ1) is 18.8. The molecule has 2 N–H and O–H groups in total. The number of nitrogens with zero attached hydrogens (tertiary/aromatic N) is 3. The van der Waals surface area contributed by atoms with Crippen molar-refractivity contribution < 1.29 is 24.0 Å². The number of aromatic nitrogens is 3. The number of benzene rings is 1. The minimum Gasteiger partial charge on any atom is -0.434 e. The van der Waals surface area contributed by atoms with Crippen LogP contribution in [0.25, 0.3) is 16.7 Å². The summed E-state index contributed by atoms with van der Waals surface area (Å²) in [6.07, 6.45) is -0.982. The molecule has 0 aliphatic rings. The number of nitro groups is 1. The summed E-state index contributed by atoms with van der Waals surface area (Å²) in [5.74, 6) is -0.646. The summed E-state index contributed by atoms with van der Waals surface area (Å²) in [6, 6.07) is 2.47. The Labute approximate surface area is 156 Å². The molecule has 0 aliphatic heterocycles. The Morgan fingerprint density at radius 2 is 2.11 bits per heavy atom. The molecular weight excluding hydrogens is 374 g/mol. The number of fused-ring (bicyclic) bond motifs is 3. The molecule has 0 fully saturated rings. The molecular formula is C16H15N5O7. The molecule has 3 rings (SSSR count). The maximum absolute atomic E-state index is 12.4. The maximum atomic E-state index is 12.4. The molecule has 3 aromatic rings. The Balaban J connectivity index is 2.31. The predicted molar refractivity (Wildman–Crippen MR) is 96.7 cm³/mol. The number of rotatable bonds is 4. The summed E-state index contributed by atoms with van der Waals surface area (Å²) < 4.78 is 11.1. The molecule has 2 aromatic heterocycles. The zero-order valence-electron chi connectivity index (χ0n) is 15.1. The van der Waals surface area contributed by atoms with Crippen LogP contribution in [-0.2, 0) is 9.53 Å². The van der Waals surface area contributed by atoms with Crippen molar-refractivity contribution in [1.82, 2.24) is 14.4 Å². The smallest absolute Gasteiger partial charge is 0.434 e. The number of anilines is 1. The second kappa shape index (κ2) is 6.98. The van der Waals surface area contributed by atoms with Crippen molar-refractivity contribution in [2.24, 2.45) is 0 Å². The fourth-order valence-electron chi connectivity index (χ4n) is 2.73. The molecule has 1 amide bonds. The van der Waals surface area contributed by atoms with Gasteiger partial charge in [-0.1, -0.05) is 0 Å². The van der Waals surface area contributed by atoms with Gasteiger partial charge in [-0.25, -0.2) is 4.79 Å². The standard InChI is InChI=1S/C16H15N5O7/c1-4-27-16(24)28-15-7(2)20-11-5-10(17-8(3)22)12(21(25)26)6-9(11)18-14(23)13(20)19-15/h5-6H,4H2,1-3H3,(H,17,22)(H,18,23). The number of ether oxygens (including phenoxy) is 2. The second-order valence-corrected chi connectivity index (χ2v) is 5.73. The minimum absolute atomic E-state index is 0.0562. The van der Waals surface area contributed by atoms with E-state index in [0.717, 1.165) is 6.07 Å². The van der Waals surface area contributed by atoms with E-state index in [0.29, 0.717) is 11.2 Å². The Hall–Kier alpha value is -3.96. The zero-order chi connectivity index (χ0) is 20.6. The fraction of sp³-hybridized carbons (Fsp3) is 0.250. The number of carbonyl (C=O) groups excluding carboxylic acids is 2. The normalized spacial score (nSPS) is 10.8. The quantitative estimate of drug-likeness (QED) is 0.389. The topological polar surface area (TPSA) is 158 Å². The molecule has 0 aliphatic carbocycles. The molecule has 2 heterocycles. The van der Waals surface area contributed by atoms with Gasteiger partial charge in [0.25, 0.3) is 11.2 Å². The second-order valence-electron chi connectivity index (χ2n) is 5.73. The molecule has 28 heavy (non-hydrogen) atoms. The van der Waals surface area contributed by atoms with Crippen molar-refractivity contribution in [3.05, 3.63) is 38.3 Å². The molecule has 146 valence electrons. The van der Waals surface area contributed by atoms with E-state index in [4.69, 9.17) is 9.47 Å². The maximum Gasteiger partial charge on any atom is 0.515 e. The zero-order valence-corrected chi connectivity index (χ0v) is 15.1. The van der Waals surface area contributed by atoms with Gasteiger partial charge in [-0.05, 0) is 19.9 Å². The molecule has 1 aromatic carbocycles. The third-order valence-electron chi connectivity index (χ3n) is 3.82. The lowest BCUT2D eigenvalue weighted by atomic mass is 10.2. The van der Waals surface area contributed by atoms with Gasteiger partial charge in [0.05, 0.1) is 28.3 Å². The number of hydrogen-bond acceptors (Lipinski definition) is 8. The highest BCUT2D eigenvalue weighted by Gasteiger charge is 2.22. The average Bonchev–Trinajstić information content (AvgIpc) is 2.92. The van der Waals surface area contributed by atoms with Crippen LogP contribution in [0.5, 0.6) is 5.88 Å². The van der Waals surface area contributed by atoms with Gasteiger partial charge < -0.3 is 19.8 Å². The fourth-order valence-corrected chi connectivity index (χ4v) is 2.73. The largest absolute Gasteiger partial charge is 0.515 e. The number of aryl methyl sites for hydroxylation is 1. The number of nitro benzene ring substituents is 1. The Morgan fingerprint density at radius 3 is 2.71 bits per heavy atom. The number of carbonyl (C=O) groups is 2. The molecule has 0 saturated carbocycles. The summed E-state index contributed by atoms with van der Waals surface area (Å²) in [4.78, 5) is 52.5. The number of imidazole rings is 1. The van der Waals surface area contributed by atoms with Gasteiger partial charge in [-0.15, -0.1) is 0 Å². The van der Waals surface area contributed by atoms with E-state index in [1.165, 1.54) is 17.4 Å². The summed E-state index contributed by atoms with van der Waals surface area (Å²) in [7, 11) is 0. The summed E-state index contributed by atoms with van der Waals surface area (Å²) >= 11 is 0. The van der Waals surface area contributed by atoms with E-state index < -0.39 is 28.2 Å². The first-order valence-electron chi connectivity index (χ1n) is 8.08. The number of nitrogens with one attached hydrogen (secondary N) is 2. The van der Waals surface area contributed by atoms with Crippen LogP contribution in [-0.4, -0.2) is 38.0 Å². The van der Waals surface area contributed by atoms with E-state index in [9.17, 15) is 24.5 Å². The van der Waals surface area contributed by atoms with Gasteiger partial charge in [0.15, 0.2) is 0 Å². The van der Waals surface area contributed by atoms with Gasteiger partial charge in [-0.3, -0.25) is 24.1 Å². The molecule has 0 bridgehead atoms. The van der Waals surface area contributed by atoms with Gasteiger partial charge in [-0.2, -0.15) is 4.98 Å². The van der Waals surface area contributed by atoms with E-state index in [1.54, 1.807) is 13.8 Å². The van der Waals surface area contributed by atoms with Crippen molar-refractivity contribution in [1.29, 1.82) is 0 Å². The van der Waals surface area contributed by atoms with E-state index in [2.05, 4.69) is 15.3 Å². The number of H-pyrrole nitrogens is 1. The highest BCUT2D eigenvalue weighted by atomic mass is 16.7. The van der Waals surface area contributed by atoms with Crippen molar-refractivity contribution >= 4 is 40.1 Å². The predicted octanol–water partition coefficient (Wildman–Crippen LogP) is 1.89. The van der Waals surface area contributed by atoms with Gasteiger partial charge in [0.2, 0.25) is 17.4 Å². The van der Waals surface area contributed by atoms with E-state index in [1.807, 2.05) is 0 Å². The lowest BCUT2D eigenvalue weighted by Gasteiger charge is -2.08. The van der Waals surface area contributed by atoms with Gasteiger partial charge in [0, 0.05) is 13.0 Å². The molecule has 0 radical (unpaired) electrons. The van der Waals surface area contributed by atoms with Crippen LogP contribution in [0, 0.1) is 17.0 Å². The van der Waals surface area contributed by atoms with Crippen LogP contribution >= 0.6 is 0 Å². The third-order valence-corrected chi connectivity index (χ3v) is 3.82. The summed E-state index contributed by atoms with van der Waals surface area (Å²) in [5.41, 5.74) is -0.434. The van der Waals surface area contributed by atoms with E-state index in [-0.39, 0.29) is 29.3 Å². The van der Waals surface area contributed by atoms with Crippen LogP contribution in [0.1, 0.15) is 19.5 Å². The molecule has 0 unspecified atom stereocenters. The monoisotopic (exact) mass is 389 g/mol. The van der Waals surface area contributed by atoms with Crippen molar-refractivity contribution in [2.75, 3.05) is 11.9 Å².